The van der Waals surface area contributed by atoms with Gasteiger partial charge in [0.25, 0.3) is 0 Å². The van der Waals surface area contributed by atoms with E-state index in [9.17, 15) is 15.0 Å². The maximum absolute atomic E-state index is 13.0. The van der Waals surface area contributed by atoms with Crippen LogP contribution in [0.1, 0.15) is 59.3 Å². The van der Waals surface area contributed by atoms with Gasteiger partial charge in [0.15, 0.2) is 5.78 Å². The Kier molecular flexibility index (Phi) is 3.09. The van der Waals surface area contributed by atoms with E-state index in [1.165, 1.54) is 0 Å². The van der Waals surface area contributed by atoms with Gasteiger partial charge in [-0.1, -0.05) is 32.9 Å². The van der Waals surface area contributed by atoms with Gasteiger partial charge in [0.1, 0.15) is 6.10 Å². The molecular formula is C20H30O3. The van der Waals surface area contributed by atoms with Crippen LogP contribution in [-0.2, 0) is 4.79 Å². The maximum atomic E-state index is 13.0. The van der Waals surface area contributed by atoms with Crippen LogP contribution in [0.4, 0.5) is 0 Å². The molecule has 5 rings (SSSR count). The number of aliphatic hydroxyl groups is 2. The van der Waals surface area contributed by atoms with Gasteiger partial charge in [0.05, 0.1) is 6.10 Å². The van der Waals surface area contributed by atoms with Crippen molar-refractivity contribution in [2.75, 3.05) is 0 Å². The van der Waals surface area contributed by atoms with Crippen LogP contribution in [0, 0.1) is 34.0 Å². The lowest BCUT2D eigenvalue weighted by Crippen LogP contribution is -2.67. The van der Waals surface area contributed by atoms with Crippen LogP contribution in [-0.4, -0.2) is 28.2 Å². The van der Waals surface area contributed by atoms with Gasteiger partial charge >= 0.3 is 0 Å². The predicted molar refractivity (Wildman–Crippen MR) is 88.7 cm³/mol. The van der Waals surface area contributed by atoms with Crippen LogP contribution in [0.2, 0.25) is 0 Å². The lowest BCUT2D eigenvalue weighted by atomic mass is 9.36. The van der Waals surface area contributed by atoms with Crippen LogP contribution < -0.4 is 0 Å². The van der Waals surface area contributed by atoms with Gasteiger partial charge < -0.3 is 10.2 Å². The fourth-order valence-corrected chi connectivity index (χ4v) is 7.28. The van der Waals surface area contributed by atoms with Crippen LogP contribution in [0.3, 0.4) is 0 Å². The lowest BCUT2D eigenvalue weighted by molar-refractivity contribution is -0.207. The van der Waals surface area contributed by atoms with E-state index >= 15 is 0 Å². The third-order valence-corrected chi connectivity index (χ3v) is 8.55. The average Bonchev–Trinajstić information content (AvgIpc) is 2.48. The summed E-state index contributed by atoms with van der Waals surface area (Å²) in [4.78, 5) is 13.0. The molecule has 128 valence electrons. The molecule has 1 spiro atoms. The maximum Gasteiger partial charge on any atom is 0.168 e. The smallest absolute Gasteiger partial charge is 0.168 e. The first kappa shape index (κ1) is 15.8. The molecule has 0 amide bonds. The van der Waals surface area contributed by atoms with E-state index in [1.54, 1.807) is 0 Å². The highest BCUT2D eigenvalue weighted by atomic mass is 16.3. The molecule has 2 N–H and O–H groups in total. The van der Waals surface area contributed by atoms with Crippen molar-refractivity contribution in [3.8, 4) is 0 Å². The monoisotopic (exact) mass is 318 g/mol. The number of carbonyl (C=O) groups is 1. The Labute approximate surface area is 139 Å². The summed E-state index contributed by atoms with van der Waals surface area (Å²) in [7, 11) is 0. The zero-order valence-corrected chi connectivity index (χ0v) is 14.6. The van der Waals surface area contributed by atoms with E-state index in [1.807, 2.05) is 0 Å². The minimum absolute atomic E-state index is 0.0417. The molecule has 7 atom stereocenters. The number of rotatable bonds is 0. The van der Waals surface area contributed by atoms with Crippen molar-refractivity contribution in [2.45, 2.75) is 71.5 Å². The van der Waals surface area contributed by atoms with E-state index in [0.717, 1.165) is 44.1 Å². The Bertz CT molecular complexity index is 579. The third-order valence-electron chi connectivity index (χ3n) is 8.55. The van der Waals surface area contributed by atoms with Crippen molar-refractivity contribution in [1.82, 2.24) is 0 Å². The summed E-state index contributed by atoms with van der Waals surface area (Å²) in [6, 6.07) is 0. The van der Waals surface area contributed by atoms with Gasteiger partial charge in [-0.15, -0.1) is 0 Å². The summed E-state index contributed by atoms with van der Waals surface area (Å²) in [5.41, 5.74) is 0.708. The molecule has 3 nitrogen and oxygen atoms in total. The molecule has 0 aromatic carbocycles. The Morgan fingerprint density at radius 1 is 1.09 bits per heavy atom. The average molecular weight is 318 g/mol. The highest BCUT2D eigenvalue weighted by molar-refractivity contribution is 5.92. The second-order valence-corrected chi connectivity index (χ2v) is 9.67. The predicted octanol–water partition coefficient (Wildman–Crippen LogP) is 3.10. The van der Waals surface area contributed by atoms with E-state index in [0.29, 0.717) is 11.8 Å². The zero-order valence-electron chi connectivity index (χ0n) is 14.6. The van der Waals surface area contributed by atoms with Crippen molar-refractivity contribution in [3.63, 3.8) is 0 Å². The van der Waals surface area contributed by atoms with Gasteiger partial charge in [-0.25, -0.2) is 0 Å². The SMILES string of the molecule is C=C1C[C@@]23CC[C@@H]4C(C)(C)[C@H](O)CC[C@@]4(C)[C@@H]2C[C@@H]1[C@@H](O)C3=O. The number of ketones is 1. The summed E-state index contributed by atoms with van der Waals surface area (Å²) >= 11 is 0. The zero-order chi connectivity index (χ0) is 16.8. The third kappa shape index (κ3) is 1.71. The van der Waals surface area contributed by atoms with E-state index in [2.05, 4.69) is 27.4 Å². The second kappa shape index (κ2) is 4.49. The quantitative estimate of drug-likeness (QED) is 0.675. The molecule has 0 aromatic heterocycles. The molecular weight excluding hydrogens is 288 g/mol. The Balaban J connectivity index is 1.80. The van der Waals surface area contributed by atoms with Crippen LogP contribution in [0.15, 0.2) is 12.2 Å². The molecule has 0 saturated heterocycles. The number of aliphatic hydroxyl groups excluding tert-OH is 2. The largest absolute Gasteiger partial charge is 0.393 e. The van der Waals surface area contributed by atoms with Crippen molar-refractivity contribution < 1.29 is 15.0 Å². The highest BCUT2D eigenvalue weighted by Crippen LogP contribution is 2.70. The van der Waals surface area contributed by atoms with Crippen LogP contribution >= 0.6 is 0 Å². The van der Waals surface area contributed by atoms with Crippen molar-refractivity contribution in [2.24, 2.45) is 34.0 Å². The normalized spacial score (nSPS) is 54.6. The first-order valence-corrected chi connectivity index (χ1v) is 9.23. The number of carbonyl (C=O) groups excluding carboxylic acids is 1. The second-order valence-electron chi connectivity index (χ2n) is 9.67. The minimum Gasteiger partial charge on any atom is -0.393 e. The van der Waals surface area contributed by atoms with Crippen molar-refractivity contribution in [3.05, 3.63) is 12.2 Å². The van der Waals surface area contributed by atoms with Crippen molar-refractivity contribution in [1.29, 1.82) is 0 Å². The molecule has 0 radical (unpaired) electrons. The van der Waals surface area contributed by atoms with E-state index in [-0.39, 0.29) is 34.1 Å². The Morgan fingerprint density at radius 2 is 1.78 bits per heavy atom. The first-order valence-electron chi connectivity index (χ1n) is 9.23. The van der Waals surface area contributed by atoms with Gasteiger partial charge in [0, 0.05) is 11.3 Å². The van der Waals surface area contributed by atoms with Crippen LogP contribution in [0.5, 0.6) is 0 Å². The molecule has 23 heavy (non-hydrogen) atoms. The van der Waals surface area contributed by atoms with Gasteiger partial charge in [-0.2, -0.15) is 0 Å². The molecule has 5 aliphatic carbocycles. The fraction of sp³-hybridized carbons (Fsp3) is 0.850. The Hall–Kier alpha value is -0.670. The Morgan fingerprint density at radius 3 is 2.48 bits per heavy atom. The van der Waals surface area contributed by atoms with Crippen molar-refractivity contribution >= 4 is 5.78 Å². The summed E-state index contributed by atoms with van der Waals surface area (Å²) in [6.45, 7) is 10.9. The van der Waals surface area contributed by atoms with E-state index < -0.39 is 6.10 Å². The molecule has 5 aliphatic rings. The van der Waals surface area contributed by atoms with Gasteiger partial charge in [-0.05, 0) is 61.2 Å². The fourth-order valence-electron chi connectivity index (χ4n) is 7.28. The molecule has 3 heteroatoms. The molecule has 5 saturated carbocycles. The number of hydrogen-bond acceptors (Lipinski definition) is 3. The summed E-state index contributed by atoms with van der Waals surface area (Å²) < 4.78 is 0. The van der Waals surface area contributed by atoms with Crippen LogP contribution in [0.25, 0.3) is 0 Å². The molecule has 5 fully saturated rings. The topological polar surface area (TPSA) is 57.5 Å². The van der Waals surface area contributed by atoms with Gasteiger partial charge in [0.2, 0.25) is 0 Å². The highest BCUT2D eigenvalue weighted by Gasteiger charge is 2.68. The molecule has 0 aromatic rings. The molecule has 0 aliphatic heterocycles. The number of Topliss-reactive ketones (excluding diaryl/α,β-unsaturated/α-hetero) is 1. The minimum atomic E-state index is -0.824. The molecule has 2 bridgehead atoms. The lowest BCUT2D eigenvalue weighted by Gasteiger charge is -2.68. The molecule has 0 heterocycles. The first-order chi connectivity index (χ1) is 10.6. The number of hydrogen-bond donors (Lipinski definition) is 2. The summed E-state index contributed by atoms with van der Waals surface area (Å²) in [6.07, 6.45) is 4.28. The summed E-state index contributed by atoms with van der Waals surface area (Å²) in [5, 5.41) is 21.0. The standard InChI is InChI=1S/C20H30O3/c1-11-10-20-8-5-13-18(2,3)15(21)6-7-19(13,4)14(20)9-12(11)16(22)17(20)23/h12-16,21-22H,1,5-10H2,2-4H3/t12-,13+,14-,15+,16+,19+,20-/m0/s1. The summed E-state index contributed by atoms with van der Waals surface area (Å²) in [5.74, 6) is 0.841. The van der Waals surface area contributed by atoms with E-state index in [4.69, 9.17) is 0 Å². The van der Waals surface area contributed by atoms with Gasteiger partial charge in [-0.3, -0.25) is 4.79 Å². The molecule has 0 unspecified atom stereocenters. The number of fused-ring (bicyclic) bond motifs is 3.